The molecule has 0 bridgehead atoms. The molecular formula is C12H14N3O4-. The first-order chi connectivity index (χ1) is 9.04. The molecule has 19 heavy (non-hydrogen) atoms. The van der Waals surface area contributed by atoms with Crippen molar-refractivity contribution in [2.45, 2.75) is 12.5 Å². The number of anilines is 1. The molecule has 1 aromatic carbocycles. The van der Waals surface area contributed by atoms with Gasteiger partial charge in [-0.05, 0) is 24.7 Å². The maximum Gasteiger partial charge on any atom is 0.321 e. The van der Waals surface area contributed by atoms with E-state index in [0.29, 0.717) is 16.5 Å². The second-order valence-electron chi connectivity index (χ2n) is 4.17. The monoisotopic (exact) mass is 264 g/mol. The summed E-state index contributed by atoms with van der Waals surface area (Å²) in [5.41, 5.74) is 1.42. The van der Waals surface area contributed by atoms with Gasteiger partial charge in [-0.3, -0.25) is 10.0 Å². The second-order valence-corrected chi connectivity index (χ2v) is 4.17. The summed E-state index contributed by atoms with van der Waals surface area (Å²) in [7, 11) is 1.56. The van der Waals surface area contributed by atoms with Crippen LogP contribution in [-0.2, 0) is 11.2 Å². The predicted molar refractivity (Wildman–Crippen MR) is 70.1 cm³/mol. The number of aliphatic carboxylic acids is 1. The molecule has 1 atom stereocenters. The van der Waals surface area contributed by atoms with Gasteiger partial charge in [-0.2, -0.15) is 0 Å². The normalized spacial score (nSPS) is 12.6. The van der Waals surface area contributed by atoms with Crippen molar-refractivity contribution in [1.82, 2.24) is 10.3 Å². The van der Waals surface area contributed by atoms with Gasteiger partial charge in [0.05, 0.1) is 5.69 Å². The fourth-order valence-electron chi connectivity index (χ4n) is 2.09. The van der Waals surface area contributed by atoms with Gasteiger partial charge in [0.15, 0.2) is 0 Å². The van der Waals surface area contributed by atoms with E-state index in [1.54, 1.807) is 25.4 Å². The van der Waals surface area contributed by atoms with Crippen molar-refractivity contribution in [2.75, 3.05) is 12.3 Å². The van der Waals surface area contributed by atoms with Crippen LogP contribution in [0, 0.1) is 5.21 Å². The van der Waals surface area contributed by atoms with Crippen molar-refractivity contribution in [3.8, 4) is 0 Å². The third kappa shape index (κ3) is 2.53. The molecule has 0 aliphatic rings. The average Bonchev–Trinajstić information content (AvgIpc) is 2.78. The standard InChI is InChI=1S/C12H14N3O4/c1-13-9(12(16)17)5-7-6-14-8-3-2-4-10(11(7)8)15(18)19/h2-4,6,9,13-14,18H,5H2,1H3,(H,16,17)/q-1. The highest BCUT2D eigenvalue weighted by Crippen LogP contribution is 2.29. The van der Waals surface area contributed by atoms with Gasteiger partial charge in [0.1, 0.15) is 6.04 Å². The first-order valence-electron chi connectivity index (χ1n) is 5.69. The molecule has 0 spiro atoms. The lowest BCUT2D eigenvalue weighted by atomic mass is 10.0. The van der Waals surface area contributed by atoms with Gasteiger partial charge in [-0.25, -0.2) is 0 Å². The molecule has 0 aliphatic heterocycles. The Balaban J connectivity index is 2.46. The summed E-state index contributed by atoms with van der Waals surface area (Å²) in [5, 5.41) is 32.3. The number of benzene rings is 1. The molecular weight excluding hydrogens is 250 g/mol. The fourth-order valence-corrected chi connectivity index (χ4v) is 2.09. The number of hydrogen-bond acceptors (Lipinski definition) is 5. The number of carbonyl (C=O) groups is 1. The number of rotatable bonds is 5. The van der Waals surface area contributed by atoms with Gasteiger partial charge < -0.3 is 25.8 Å². The van der Waals surface area contributed by atoms with Gasteiger partial charge in [0, 0.05) is 23.5 Å². The number of H-pyrrole nitrogens is 1. The highest BCUT2D eigenvalue weighted by Gasteiger charge is 2.18. The Morgan fingerprint density at radius 1 is 1.58 bits per heavy atom. The first kappa shape index (κ1) is 13.3. The third-order valence-corrected chi connectivity index (χ3v) is 3.04. The zero-order valence-electron chi connectivity index (χ0n) is 10.3. The van der Waals surface area contributed by atoms with E-state index in [9.17, 15) is 10.0 Å². The lowest BCUT2D eigenvalue weighted by Gasteiger charge is -2.23. The second kappa shape index (κ2) is 5.27. The van der Waals surface area contributed by atoms with Crippen LogP contribution in [0.4, 0.5) is 5.69 Å². The maximum atomic E-state index is 11.1. The number of carboxylic acids is 1. The van der Waals surface area contributed by atoms with E-state index >= 15 is 0 Å². The quantitative estimate of drug-likeness (QED) is 0.601. The Bertz CT molecular complexity index is 594. The fraction of sp³-hybridized carbons (Fsp3) is 0.250. The number of aromatic amines is 1. The van der Waals surface area contributed by atoms with Crippen molar-refractivity contribution in [2.24, 2.45) is 0 Å². The van der Waals surface area contributed by atoms with Gasteiger partial charge in [-0.15, -0.1) is 0 Å². The molecule has 4 N–H and O–H groups in total. The molecule has 1 heterocycles. The Labute approximate surface area is 109 Å². The Morgan fingerprint density at radius 2 is 2.32 bits per heavy atom. The summed E-state index contributed by atoms with van der Waals surface area (Å²) < 4.78 is 0. The van der Waals surface area contributed by atoms with Crippen LogP contribution < -0.4 is 10.5 Å². The SMILES string of the molecule is CNC(Cc1c[nH]c2cccc(N([O-])O)c12)C(=O)O. The topological polar surface area (TPSA) is 112 Å². The van der Waals surface area contributed by atoms with Crippen molar-refractivity contribution in [1.29, 1.82) is 0 Å². The van der Waals surface area contributed by atoms with Crippen LogP contribution in [0.1, 0.15) is 5.56 Å². The summed E-state index contributed by atoms with van der Waals surface area (Å²) >= 11 is 0. The van der Waals surface area contributed by atoms with Crippen LogP contribution in [0.15, 0.2) is 24.4 Å². The number of fused-ring (bicyclic) bond motifs is 1. The van der Waals surface area contributed by atoms with E-state index in [1.807, 2.05) is 0 Å². The number of aromatic nitrogens is 1. The Morgan fingerprint density at radius 3 is 2.89 bits per heavy atom. The van der Waals surface area contributed by atoms with Gasteiger partial charge in [-0.1, -0.05) is 6.07 Å². The lowest BCUT2D eigenvalue weighted by molar-refractivity contribution is -0.139. The molecule has 0 saturated heterocycles. The van der Waals surface area contributed by atoms with Gasteiger partial charge >= 0.3 is 5.97 Å². The average molecular weight is 264 g/mol. The summed E-state index contributed by atoms with van der Waals surface area (Å²) in [6.45, 7) is 0. The number of likely N-dealkylation sites (N-methyl/N-ethyl adjacent to an activating group) is 1. The maximum absolute atomic E-state index is 11.1. The molecule has 0 amide bonds. The number of carboxylic acid groups (broad SMARTS) is 1. The van der Waals surface area contributed by atoms with Gasteiger partial charge in [0.25, 0.3) is 0 Å². The molecule has 0 aliphatic carbocycles. The summed E-state index contributed by atoms with van der Waals surface area (Å²) in [6.07, 6.45) is 1.85. The number of nitrogens with zero attached hydrogens (tertiary/aromatic N) is 1. The Kier molecular flexibility index (Phi) is 3.70. The molecule has 1 unspecified atom stereocenters. The van der Waals surface area contributed by atoms with Crippen LogP contribution in [0.25, 0.3) is 10.9 Å². The van der Waals surface area contributed by atoms with Crippen LogP contribution in [0.3, 0.4) is 0 Å². The minimum atomic E-state index is -0.975. The lowest BCUT2D eigenvalue weighted by Crippen LogP contribution is -2.35. The zero-order valence-corrected chi connectivity index (χ0v) is 10.3. The van der Waals surface area contributed by atoms with Crippen molar-refractivity contribution < 1.29 is 15.1 Å². The van der Waals surface area contributed by atoms with Crippen LogP contribution in [0.2, 0.25) is 0 Å². The molecule has 2 rings (SSSR count). The van der Waals surface area contributed by atoms with Gasteiger partial charge in [0.2, 0.25) is 0 Å². The minimum absolute atomic E-state index is 0.0917. The van der Waals surface area contributed by atoms with Crippen LogP contribution in [-0.4, -0.2) is 34.4 Å². The smallest absolute Gasteiger partial charge is 0.321 e. The summed E-state index contributed by atoms with van der Waals surface area (Å²) in [6, 6.07) is 4.10. The minimum Gasteiger partial charge on any atom is -0.733 e. The van der Waals surface area contributed by atoms with Crippen molar-refractivity contribution in [3.63, 3.8) is 0 Å². The molecule has 2 aromatic rings. The van der Waals surface area contributed by atoms with E-state index in [0.717, 1.165) is 0 Å². The van der Waals surface area contributed by atoms with E-state index in [4.69, 9.17) is 10.3 Å². The molecule has 0 radical (unpaired) electrons. The number of nitrogens with one attached hydrogen (secondary N) is 2. The largest absolute Gasteiger partial charge is 0.733 e. The summed E-state index contributed by atoms with van der Waals surface area (Å²) in [4.78, 5) is 14.0. The number of hydrogen-bond donors (Lipinski definition) is 4. The molecule has 0 fully saturated rings. The Hall–Kier alpha value is -2.09. The third-order valence-electron chi connectivity index (χ3n) is 3.04. The molecule has 102 valence electrons. The molecule has 1 aromatic heterocycles. The molecule has 7 nitrogen and oxygen atoms in total. The van der Waals surface area contributed by atoms with E-state index in [-0.39, 0.29) is 17.3 Å². The van der Waals surface area contributed by atoms with Crippen LogP contribution in [0.5, 0.6) is 0 Å². The first-order valence-corrected chi connectivity index (χ1v) is 5.69. The van der Waals surface area contributed by atoms with Crippen LogP contribution >= 0.6 is 0 Å². The van der Waals surface area contributed by atoms with E-state index in [1.165, 1.54) is 6.07 Å². The molecule has 0 saturated carbocycles. The highest BCUT2D eigenvalue weighted by molar-refractivity contribution is 5.95. The predicted octanol–water partition coefficient (Wildman–Crippen LogP) is 1.08. The van der Waals surface area contributed by atoms with E-state index < -0.39 is 12.0 Å². The summed E-state index contributed by atoms with van der Waals surface area (Å²) in [5.74, 6) is -0.975. The van der Waals surface area contributed by atoms with Crippen molar-refractivity contribution in [3.05, 3.63) is 35.2 Å². The zero-order chi connectivity index (χ0) is 14.0. The highest BCUT2D eigenvalue weighted by atomic mass is 16.8. The molecule has 7 heteroatoms. The van der Waals surface area contributed by atoms with Crippen molar-refractivity contribution >= 4 is 22.6 Å². The van der Waals surface area contributed by atoms with E-state index in [2.05, 4.69) is 10.3 Å².